The number of benzene rings is 1. The van der Waals surface area contributed by atoms with Crippen molar-refractivity contribution in [3.63, 3.8) is 0 Å². The van der Waals surface area contributed by atoms with Crippen molar-refractivity contribution >= 4 is 28.7 Å². The number of anilines is 1. The average molecular weight is 414 g/mol. The molecule has 2 aliphatic heterocycles. The van der Waals surface area contributed by atoms with Crippen molar-refractivity contribution in [2.24, 2.45) is 0 Å². The molecule has 2 saturated heterocycles. The third kappa shape index (κ3) is 4.59. The van der Waals surface area contributed by atoms with Crippen LogP contribution in [0.2, 0.25) is 0 Å². The van der Waals surface area contributed by atoms with Gasteiger partial charge in [-0.05, 0) is 31.0 Å². The summed E-state index contributed by atoms with van der Waals surface area (Å²) in [6.45, 7) is 11.0. The van der Waals surface area contributed by atoms with E-state index in [0.29, 0.717) is 49.9 Å². The number of piperazine rings is 1. The monoisotopic (exact) mass is 413 g/mol. The van der Waals surface area contributed by atoms with Crippen LogP contribution >= 0.6 is 0 Å². The Labute approximate surface area is 177 Å². The summed E-state index contributed by atoms with van der Waals surface area (Å²) >= 11 is 0. The Hall–Kier alpha value is -2.61. The van der Waals surface area contributed by atoms with Crippen molar-refractivity contribution in [2.75, 3.05) is 51.1 Å². The van der Waals surface area contributed by atoms with E-state index < -0.39 is 0 Å². The molecule has 0 radical (unpaired) electrons. The lowest BCUT2D eigenvalue weighted by Gasteiger charge is -2.34. The van der Waals surface area contributed by atoms with Gasteiger partial charge in [0, 0.05) is 50.4 Å². The van der Waals surface area contributed by atoms with E-state index in [-0.39, 0.29) is 17.4 Å². The van der Waals surface area contributed by atoms with Gasteiger partial charge in [-0.2, -0.15) is 0 Å². The molecule has 0 saturated carbocycles. The van der Waals surface area contributed by atoms with Gasteiger partial charge in [0.15, 0.2) is 5.58 Å². The van der Waals surface area contributed by atoms with Crippen LogP contribution in [0, 0.1) is 0 Å². The van der Waals surface area contributed by atoms with E-state index in [2.05, 4.69) is 36.0 Å². The molecular weight excluding hydrogens is 382 g/mol. The highest BCUT2D eigenvalue weighted by molar-refractivity contribution is 5.91. The number of nitrogens with zero attached hydrogens (tertiary/aromatic N) is 4. The van der Waals surface area contributed by atoms with Gasteiger partial charge in [-0.25, -0.2) is 9.78 Å². The molecule has 3 heterocycles. The van der Waals surface area contributed by atoms with E-state index in [9.17, 15) is 9.59 Å². The molecule has 1 aromatic carbocycles. The third-order valence-corrected chi connectivity index (χ3v) is 5.76. The molecule has 0 aliphatic carbocycles. The minimum Gasteiger partial charge on any atom is -0.440 e. The molecule has 2 aliphatic rings. The Balaban J connectivity index is 1.30. The number of likely N-dealkylation sites (tertiary alicyclic amines) is 1. The SMILES string of the molecule is CC(C)(C)c1nc2cc(NC(=O)N3CCN(CC(=O)N4CCCC4)CC3)ccc2o1. The Morgan fingerprint density at radius 1 is 1.03 bits per heavy atom. The molecule has 8 nitrogen and oxygen atoms in total. The van der Waals surface area contributed by atoms with Crippen LogP contribution in [0.15, 0.2) is 22.6 Å². The van der Waals surface area contributed by atoms with E-state index >= 15 is 0 Å². The molecule has 8 heteroatoms. The van der Waals surface area contributed by atoms with Gasteiger partial charge in [0.2, 0.25) is 11.8 Å². The van der Waals surface area contributed by atoms with E-state index in [4.69, 9.17) is 4.42 Å². The summed E-state index contributed by atoms with van der Waals surface area (Å²) in [5, 5.41) is 2.96. The van der Waals surface area contributed by atoms with Crippen molar-refractivity contribution in [3.8, 4) is 0 Å². The summed E-state index contributed by atoms with van der Waals surface area (Å²) in [4.78, 5) is 35.4. The number of nitrogens with one attached hydrogen (secondary N) is 1. The van der Waals surface area contributed by atoms with Crippen LogP contribution in [0.25, 0.3) is 11.1 Å². The van der Waals surface area contributed by atoms with Crippen molar-refractivity contribution < 1.29 is 14.0 Å². The summed E-state index contributed by atoms with van der Waals surface area (Å²) in [5.74, 6) is 0.890. The second kappa shape index (κ2) is 8.26. The summed E-state index contributed by atoms with van der Waals surface area (Å²) in [7, 11) is 0. The van der Waals surface area contributed by atoms with E-state index in [1.165, 1.54) is 0 Å². The van der Waals surface area contributed by atoms with E-state index in [1.54, 1.807) is 4.90 Å². The second-order valence-corrected chi connectivity index (χ2v) is 9.23. The minimum atomic E-state index is -0.168. The molecule has 30 heavy (non-hydrogen) atoms. The maximum Gasteiger partial charge on any atom is 0.321 e. The Kier molecular flexibility index (Phi) is 5.69. The molecule has 0 unspecified atom stereocenters. The molecule has 3 amide bonds. The highest BCUT2D eigenvalue weighted by atomic mass is 16.3. The molecular formula is C22H31N5O3. The lowest BCUT2D eigenvalue weighted by Crippen LogP contribution is -2.52. The van der Waals surface area contributed by atoms with Gasteiger partial charge in [0.05, 0.1) is 6.54 Å². The van der Waals surface area contributed by atoms with Crippen molar-refractivity contribution in [2.45, 2.75) is 39.0 Å². The summed E-state index contributed by atoms with van der Waals surface area (Å²) in [5.41, 5.74) is 1.99. The number of oxazole rings is 1. The molecule has 0 bridgehead atoms. The third-order valence-electron chi connectivity index (χ3n) is 5.76. The number of carbonyl (C=O) groups is 2. The van der Waals surface area contributed by atoms with Crippen LogP contribution in [0.4, 0.5) is 10.5 Å². The van der Waals surface area contributed by atoms with Gasteiger partial charge in [-0.1, -0.05) is 20.8 Å². The topological polar surface area (TPSA) is 81.9 Å². The molecule has 2 fully saturated rings. The smallest absolute Gasteiger partial charge is 0.321 e. The molecule has 1 N–H and O–H groups in total. The number of hydrogen-bond acceptors (Lipinski definition) is 5. The predicted molar refractivity (Wildman–Crippen MR) is 116 cm³/mol. The fourth-order valence-electron chi connectivity index (χ4n) is 3.90. The van der Waals surface area contributed by atoms with Crippen LogP contribution in [0.5, 0.6) is 0 Å². The number of fused-ring (bicyclic) bond motifs is 1. The predicted octanol–water partition coefficient (Wildman–Crippen LogP) is 2.90. The lowest BCUT2D eigenvalue weighted by molar-refractivity contribution is -0.131. The number of amides is 3. The first-order valence-corrected chi connectivity index (χ1v) is 10.8. The average Bonchev–Trinajstić information content (AvgIpc) is 3.38. The maximum atomic E-state index is 12.7. The van der Waals surface area contributed by atoms with Gasteiger partial charge >= 0.3 is 6.03 Å². The number of aromatic nitrogens is 1. The minimum absolute atomic E-state index is 0.126. The largest absolute Gasteiger partial charge is 0.440 e. The number of carbonyl (C=O) groups excluding carboxylic acids is 2. The number of hydrogen-bond donors (Lipinski definition) is 1. The number of rotatable bonds is 3. The van der Waals surface area contributed by atoms with Gasteiger partial charge in [-0.15, -0.1) is 0 Å². The lowest BCUT2D eigenvalue weighted by atomic mass is 9.97. The summed E-state index contributed by atoms with van der Waals surface area (Å²) in [6.07, 6.45) is 2.22. The molecule has 4 rings (SSSR count). The van der Waals surface area contributed by atoms with Gasteiger partial charge in [0.25, 0.3) is 0 Å². The molecule has 162 valence electrons. The quantitative estimate of drug-likeness (QED) is 0.837. The van der Waals surface area contributed by atoms with Crippen molar-refractivity contribution in [3.05, 3.63) is 24.1 Å². The fourth-order valence-corrected chi connectivity index (χ4v) is 3.90. The highest BCUT2D eigenvalue weighted by Crippen LogP contribution is 2.27. The van der Waals surface area contributed by atoms with Crippen LogP contribution in [0.3, 0.4) is 0 Å². The first-order chi connectivity index (χ1) is 14.3. The highest BCUT2D eigenvalue weighted by Gasteiger charge is 2.26. The summed E-state index contributed by atoms with van der Waals surface area (Å²) in [6, 6.07) is 5.40. The second-order valence-electron chi connectivity index (χ2n) is 9.23. The Morgan fingerprint density at radius 3 is 2.40 bits per heavy atom. The van der Waals surface area contributed by atoms with E-state index in [0.717, 1.165) is 31.4 Å². The maximum absolute atomic E-state index is 12.7. The van der Waals surface area contributed by atoms with Gasteiger partial charge in [-0.3, -0.25) is 9.69 Å². The Morgan fingerprint density at radius 2 is 1.73 bits per heavy atom. The first-order valence-electron chi connectivity index (χ1n) is 10.8. The Bertz CT molecular complexity index is 918. The van der Waals surface area contributed by atoms with Gasteiger partial charge < -0.3 is 19.5 Å². The van der Waals surface area contributed by atoms with Crippen molar-refractivity contribution in [1.82, 2.24) is 19.7 Å². The normalized spacial score (nSPS) is 18.2. The molecule has 1 aromatic heterocycles. The van der Waals surface area contributed by atoms with Crippen LogP contribution in [0.1, 0.15) is 39.5 Å². The fraction of sp³-hybridized carbons (Fsp3) is 0.591. The zero-order valence-electron chi connectivity index (χ0n) is 18.1. The standard InChI is InChI=1S/C22H31N5O3/c1-22(2,3)20-24-17-14-16(6-7-18(17)30-20)23-21(29)27-12-10-25(11-13-27)15-19(28)26-8-4-5-9-26/h6-7,14H,4-5,8-13,15H2,1-3H3,(H,23,29). The molecule has 0 atom stereocenters. The summed E-state index contributed by atoms with van der Waals surface area (Å²) < 4.78 is 5.82. The van der Waals surface area contributed by atoms with E-state index in [1.807, 2.05) is 23.1 Å². The zero-order valence-corrected chi connectivity index (χ0v) is 18.1. The molecule has 2 aromatic rings. The van der Waals surface area contributed by atoms with Gasteiger partial charge in [0.1, 0.15) is 5.52 Å². The van der Waals surface area contributed by atoms with Crippen molar-refractivity contribution in [1.29, 1.82) is 0 Å². The number of urea groups is 1. The zero-order chi connectivity index (χ0) is 21.3. The van der Waals surface area contributed by atoms with Crippen LogP contribution < -0.4 is 5.32 Å². The van der Waals surface area contributed by atoms with Crippen LogP contribution in [-0.2, 0) is 10.2 Å². The molecule has 0 spiro atoms. The first kappa shape index (κ1) is 20.7. The van der Waals surface area contributed by atoms with Crippen LogP contribution in [-0.4, -0.2) is 77.4 Å².